The summed E-state index contributed by atoms with van der Waals surface area (Å²) in [4.78, 5) is 30.4. The van der Waals surface area contributed by atoms with Crippen LogP contribution in [0.2, 0.25) is 0 Å². The molecule has 0 bridgehead atoms. The zero-order chi connectivity index (χ0) is 21.8. The summed E-state index contributed by atoms with van der Waals surface area (Å²) in [5, 5.41) is 15.2. The van der Waals surface area contributed by atoms with Gasteiger partial charge in [-0.05, 0) is 31.9 Å². The number of rotatable bonds is 6. The number of amides is 1. The fourth-order valence-electron chi connectivity index (χ4n) is 4.09. The molecular formula is C23H24N4O4. The number of nitro groups is 1. The number of hydrogen-bond donors (Lipinski definition) is 0. The summed E-state index contributed by atoms with van der Waals surface area (Å²) in [6, 6.07) is 14.1. The number of hydrogen-bond acceptors (Lipinski definition) is 6. The average molecular weight is 420 g/mol. The van der Waals surface area contributed by atoms with Crippen LogP contribution in [0.4, 0.5) is 5.69 Å². The second-order valence-corrected chi connectivity index (χ2v) is 7.86. The minimum absolute atomic E-state index is 0.00479. The number of aromatic nitrogens is 2. The van der Waals surface area contributed by atoms with E-state index in [9.17, 15) is 14.9 Å². The van der Waals surface area contributed by atoms with Crippen LogP contribution in [0.5, 0.6) is 0 Å². The highest BCUT2D eigenvalue weighted by Gasteiger charge is 2.29. The Morgan fingerprint density at radius 1 is 1.16 bits per heavy atom. The molecular weight excluding hydrogens is 396 g/mol. The van der Waals surface area contributed by atoms with Gasteiger partial charge in [0.05, 0.1) is 4.92 Å². The van der Waals surface area contributed by atoms with Crippen LogP contribution in [0.3, 0.4) is 0 Å². The first kappa shape index (κ1) is 20.7. The van der Waals surface area contributed by atoms with Crippen molar-refractivity contribution in [2.45, 2.75) is 51.6 Å². The van der Waals surface area contributed by atoms with Gasteiger partial charge in [0.15, 0.2) is 0 Å². The van der Waals surface area contributed by atoms with Crippen LogP contribution in [-0.2, 0) is 6.54 Å². The van der Waals surface area contributed by atoms with E-state index in [1.54, 1.807) is 17.9 Å². The SMILES string of the molecule is Cc1cc(C(=O)N(Cc2nc(-c3ccccc3)no2)C2CCCCC2)ccc1[N+](=O)[O-]. The van der Waals surface area contributed by atoms with Gasteiger partial charge in [-0.25, -0.2) is 0 Å². The molecule has 3 aromatic rings. The molecule has 8 heteroatoms. The summed E-state index contributed by atoms with van der Waals surface area (Å²) in [5.41, 5.74) is 1.74. The minimum atomic E-state index is -0.438. The van der Waals surface area contributed by atoms with Crippen molar-refractivity contribution in [2.24, 2.45) is 0 Å². The van der Waals surface area contributed by atoms with Gasteiger partial charge in [-0.2, -0.15) is 4.98 Å². The molecule has 0 atom stereocenters. The van der Waals surface area contributed by atoms with E-state index in [2.05, 4.69) is 10.1 Å². The normalized spacial score (nSPS) is 14.4. The zero-order valence-electron chi connectivity index (χ0n) is 17.4. The summed E-state index contributed by atoms with van der Waals surface area (Å²) >= 11 is 0. The average Bonchev–Trinajstić information content (AvgIpc) is 3.26. The molecule has 8 nitrogen and oxygen atoms in total. The molecule has 0 radical (unpaired) electrons. The summed E-state index contributed by atoms with van der Waals surface area (Å²) in [5.74, 6) is 0.679. The number of nitro benzene ring substituents is 1. The Morgan fingerprint density at radius 3 is 2.58 bits per heavy atom. The third-order valence-corrected chi connectivity index (χ3v) is 5.72. The third kappa shape index (κ3) is 4.63. The number of aryl methyl sites for hydroxylation is 1. The van der Waals surface area contributed by atoms with Crippen LogP contribution in [0, 0.1) is 17.0 Å². The molecule has 1 aromatic heterocycles. The van der Waals surface area contributed by atoms with E-state index in [0.717, 1.165) is 37.7 Å². The Balaban J connectivity index is 1.60. The summed E-state index contributed by atoms with van der Waals surface area (Å²) < 4.78 is 5.46. The second kappa shape index (κ2) is 9.07. The molecule has 160 valence electrons. The summed E-state index contributed by atoms with van der Waals surface area (Å²) in [7, 11) is 0. The Morgan fingerprint density at radius 2 is 1.90 bits per heavy atom. The van der Waals surface area contributed by atoms with Crippen LogP contribution < -0.4 is 0 Å². The maximum absolute atomic E-state index is 13.4. The van der Waals surface area contributed by atoms with Crippen LogP contribution in [0.1, 0.15) is 53.9 Å². The third-order valence-electron chi connectivity index (χ3n) is 5.72. The molecule has 1 aliphatic carbocycles. The van der Waals surface area contributed by atoms with Gasteiger partial charge in [-0.15, -0.1) is 0 Å². The van der Waals surface area contributed by atoms with Crippen LogP contribution in [0.15, 0.2) is 53.1 Å². The molecule has 0 aliphatic heterocycles. The highest BCUT2D eigenvalue weighted by atomic mass is 16.6. The van der Waals surface area contributed by atoms with Gasteiger partial charge in [0, 0.05) is 28.8 Å². The highest BCUT2D eigenvalue weighted by Crippen LogP contribution is 2.27. The number of carbonyl (C=O) groups excluding carboxylic acids is 1. The van der Waals surface area contributed by atoms with Gasteiger partial charge in [-0.1, -0.05) is 54.8 Å². The van der Waals surface area contributed by atoms with Crippen LogP contribution in [-0.4, -0.2) is 31.9 Å². The molecule has 0 N–H and O–H groups in total. The molecule has 1 saturated carbocycles. The molecule has 0 saturated heterocycles. The summed E-state index contributed by atoms with van der Waals surface area (Å²) in [6.45, 7) is 1.85. The lowest BCUT2D eigenvalue weighted by Crippen LogP contribution is -2.41. The molecule has 0 unspecified atom stereocenters. The molecule has 2 aromatic carbocycles. The van der Waals surface area contributed by atoms with E-state index < -0.39 is 4.92 Å². The first-order chi connectivity index (χ1) is 15.0. The smallest absolute Gasteiger partial charge is 0.272 e. The largest absolute Gasteiger partial charge is 0.337 e. The maximum atomic E-state index is 13.4. The first-order valence-corrected chi connectivity index (χ1v) is 10.5. The Labute approximate surface area is 180 Å². The van der Waals surface area contributed by atoms with E-state index in [0.29, 0.717) is 22.8 Å². The van der Waals surface area contributed by atoms with Crippen molar-refractivity contribution >= 4 is 11.6 Å². The van der Waals surface area contributed by atoms with E-state index >= 15 is 0 Å². The van der Waals surface area contributed by atoms with E-state index in [-0.39, 0.29) is 24.2 Å². The summed E-state index contributed by atoms with van der Waals surface area (Å²) in [6.07, 6.45) is 5.11. The molecule has 0 spiro atoms. The number of carbonyl (C=O) groups is 1. The quantitative estimate of drug-likeness (QED) is 0.414. The van der Waals surface area contributed by atoms with E-state index in [1.807, 2.05) is 30.3 Å². The minimum Gasteiger partial charge on any atom is -0.337 e. The van der Waals surface area contributed by atoms with Gasteiger partial charge in [0.25, 0.3) is 11.6 Å². The monoisotopic (exact) mass is 420 g/mol. The molecule has 31 heavy (non-hydrogen) atoms. The fourth-order valence-corrected chi connectivity index (χ4v) is 4.09. The highest BCUT2D eigenvalue weighted by molar-refractivity contribution is 5.95. The van der Waals surface area contributed by atoms with Gasteiger partial charge in [0.2, 0.25) is 11.7 Å². The van der Waals surface area contributed by atoms with E-state index in [1.165, 1.54) is 12.1 Å². The first-order valence-electron chi connectivity index (χ1n) is 10.5. The predicted molar refractivity (Wildman–Crippen MR) is 114 cm³/mol. The molecule has 1 heterocycles. The molecule has 1 aliphatic rings. The van der Waals surface area contributed by atoms with Crippen molar-refractivity contribution in [3.05, 3.63) is 75.7 Å². The zero-order valence-corrected chi connectivity index (χ0v) is 17.4. The van der Waals surface area contributed by atoms with Crippen molar-refractivity contribution in [2.75, 3.05) is 0 Å². The van der Waals surface area contributed by atoms with E-state index in [4.69, 9.17) is 4.52 Å². The standard InChI is InChI=1S/C23H24N4O4/c1-16-14-18(12-13-20(16)27(29)30)23(28)26(19-10-6-3-7-11-19)15-21-24-22(25-31-21)17-8-4-2-5-9-17/h2,4-5,8-9,12-14,19H,3,6-7,10-11,15H2,1H3. The van der Waals surface area contributed by atoms with Crippen LogP contribution in [0.25, 0.3) is 11.4 Å². The topological polar surface area (TPSA) is 102 Å². The van der Waals surface area contributed by atoms with Crippen molar-refractivity contribution in [3.8, 4) is 11.4 Å². The molecule has 1 fully saturated rings. The van der Waals surface area contributed by atoms with Gasteiger partial charge < -0.3 is 9.42 Å². The number of benzene rings is 2. The second-order valence-electron chi connectivity index (χ2n) is 7.86. The Bertz CT molecular complexity index is 1070. The predicted octanol–water partition coefficient (Wildman–Crippen LogP) is 4.93. The molecule has 4 rings (SSSR count). The lowest BCUT2D eigenvalue weighted by atomic mass is 9.93. The maximum Gasteiger partial charge on any atom is 0.272 e. The van der Waals surface area contributed by atoms with Crippen molar-refractivity contribution in [1.29, 1.82) is 0 Å². The Kier molecular flexibility index (Phi) is 6.06. The van der Waals surface area contributed by atoms with Gasteiger partial charge in [0.1, 0.15) is 6.54 Å². The van der Waals surface area contributed by atoms with Crippen molar-refractivity contribution in [3.63, 3.8) is 0 Å². The van der Waals surface area contributed by atoms with Crippen LogP contribution >= 0.6 is 0 Å². The van der Waals surface area contributed by atoms with Gasteiger partial charge >= 0.3 is 0 Å². The van der Waals surface area contributed by atoms with Crippen molar-refractivity contribution in [1.82, 2.24) is 15.0 Å². The fraction of sp³-hybridized carbons (Fsp3) is 0.348. The lowest BCUT2D eigenvalue weighted by Gasteiger charge is -2.33. The van der Waals surface area contributed by atoms with Gasteiger partial charge in [-0.3, -0.25) is 14.9 Å². The molecule has 1 amide bonds. The van der Waals surface area contributed by atoms with Crippen molar-refractivity contribution < 1.29 is 14.2 Å². The Hall–Kier alpha value is -3.55. The number of nitrogens with zero attached hydrogens (tertiary/aromatic N) is 4. The lowest BCUT2D eigenvalue weighted by molar-refractivity contribution is -0.385.